The maximum absolute atomic E-state index is 5.81. The minimum absolute atomic E-state index is 0.546. The molecule has 0 bridgehead atoms. The number of likely N-dealkylation sites (tertiary alicyclic amines) is 1. The Labute approximate surface area is 117 Å². The van der Waals surface area contributed by atoms with E-state index in [2.05, 4.69) is 20.8 Å². The normalized spacial score (nSPS) is 20.9. The third-order valence-electron chi connectivity index (χ3n) is 3.46. The highest BCUT2D eigenvalue weighted by Gasteiger charge is 2.20. The average Bonchev–Trinajstić information content (AvgIpc) is 2.39. The Bertz CT molecular complexity index is 373. The van der Waals surface area contributed by atoms with Gasteiger partial charge in [0, 0.05) is 23.6 Å². The second-order valence-electron chi connectivity index (χ2n) is 4.73. The van der Waals surface area contributed by atoms with Crippen LogP contribution >= 0.6 is 15.9 Å². The molecule has 1 heterocycles. The number of nitrogens with two attached hydrogens (primary N) is 1. The zero-order chi connectivity index (χ0) is 12.8. The first-order chi connectivity index (χ1) is 8.79. The monoisotopic (exact) mass is 312 g/mol. The molecule has 0 aromatic heterocycles. The third-order valence-corrected chi connectivity index (χ3v) is 3.96. The van der Waals surface area contributed by atoms with Gasteiger partial charge in [-0.2, -0.15) is 0 Å². The van der Waals surface area contributed by atoms with Gasteiger partial charge in [-0.15, -0.1) is 0 Å². The van der Waals surface area contributed by atoms with Crippen LogP contribution in [-0.4, -0.2) is 37.2 Å². The molecule has 1 aromatic rings. The highest BCUT2D eigenvalue weighted by Crippen LogP contribution is 2.19. The first kappa shape index (κ1) is 13.8. The van der Waals surface area contributed by atoms with E-state index in [9.17, 15) is 0 Å². The highest BCUT2D eigenvalue weighted by molar-refractivity contribution is 9.10. The summed E-state index contributed by atoms with van der Waals surface area (Å²) < 4.78 is 6.82. The lowest BCUT2D eigenvalue weighted by molar-refractivity contribution is 0.127. The summed E-state index contributed by atoms with van der Waals surface area (Å²) in [7, 11) is 0. The molecule has 1 aliphatic rings. The maximum Gasteiger partial charge on any atom is 0.120 e. The Balaban J connectivity index is 1.77. The van der Waals surface area contributed by atoms with Crippen LogP contribution < -0.4 is 10.5 Å². The first-order valence-corrected chi connectivity index (χ1v) is 7.41. The number of rotatable bonds is 5. The van der Waals surface area contributed by atoms with Crippen LogP contribution in [0.1, 0.15) is 19.3 Å². The molecule has 2 rings (SSSR count). The molecule has 1 saturated heterocycles. The quantitative estimate of drug-likeness (QED) is 0.908. The van der Waals surface area contributed by atoms with E-state index < -0.39 is 0 Å². The standard InChI is InChI=1S/C14H21BrN2O/c15-12-4-3-6-14(10-12)18-9-8-17-7-2-1-5-13(17)11-16/h3-4,6,10,13H,1-2,5,7-9,11,16H2. The summed E-state index contributed by atoms with van der Waals surface area (Å²) >= 11 is 3.44. The number of nitrogens with zero attached hydrogens (tertiary/aromatic N) is 1. The predicted molar refractivity (Wildman–Crippen MR) is 77.9 cm³/mol. The van der Waals surface area contributed by atoms with Crippen LogP contribution in [0.4, 0.5) is 0 Å². The van der Waals surface area contributed by atoms with Crippen LogP contribution in [0.15, 0.2) is 28.7 Å². The Kier molecular flexibility index (Phi) is 5.47. The molecule has 18 heavy (non-hydrogen) atoms. The van der Waals surface area contributed by atoms with Gasteiger partial charge in [0.2, 0.25) is 0 Å². The molecule has 2 N–H and O–H groups in total. The Morgan fingerprint density at radius 3 is 3.06 bits per heavy atom. The van der Waals surface area contributed by atoms with Gasteiger partial charge < -0.3 is 10.5 Å². The molecule has 1 unspecified atom stereocenters. The van der Waals surface area contributed by atoms with Crippen molar-refractivity contribution in [2.75, 3.05) is 26.2 Å². The molecule has 0 aliphatic carbocycles. The second-order valence-corrected chi connectivity index (χ2v) is 5.64. The fourth-order valence-electron chi connectivity index (χ4n) is 2.46. The fourth-order valence-corrected chi connectivity index (χ4v) is 2.84. The van der Waals surface area contributed by atoms with Crippen LogP contribution in [0.5, 0.6) is 5.75 Å². The van der Waals surface area contributed by atoms with Crippen molar-refractivity contribution in [3.05, 3.63) is 28.7 Å². The van der Waals surface area contributed by atoms with Gasteiger partial charge in [0.05, 0.1) is 0 Å². The summed E-state index contributed by atoms with van der Waals surface area (Å²) in [5, 5.41) is 0. The molecule has 1 aliphatic heterocycles. The first-order valence-electron chi connectivity index (χ1n) is 6.62. The second kappa shape index (κ2) is 7.12. The molecule has 0 amide bonds. The Hall–Kier alpha value is -0.580. The van der Waals surface area contributed by atoms with Crippen molar-refractivity contribution in [1.29, 1.82) is 0 Å². The SMILES string of the molecule is NCC1CCCCN1CCOc1cccc(Br)c1. The summed E-state index contributed by atoms with van der Waals surface area (Å²) in [6.45, 7) is 3.61. The zero-order valence-corrected chi connectivity index (χ0v) is 12.2. The Morgan fingerprint density at radius 1 is 1.39 bits per heavy atom. The molecule has 1 aromatic carbocycles. The van der Waals surface area contributed by atoms with Gasteiger partial charge in [-0.25, -0.2) is 0 Å². The van der Waals surface area contributed by atoms with E-state index >= 15 is 0 Å². The molecule has 4 heteroatoms. The summed E-state index contributed by atoms with van der Waals surface area (Å²) in [4.78, 5) is 2.46. The van der Waals surface area contributed by atoms with Gasteiger partial charge in [-0.1, -0.05) is 28.4 Å². The molecule has 0 radical (unpaired) electrons. The number of halogens is 1. The largest absolute Gasteiger partial charge is 0.492 e. The van der Waals surface area contributed by atoms with Crippen molar-refractivity contribution in [2.24, 2.45) is 5.73 Å². The predicted octanol–water partition coefficient (Wildman–Crippen LogP) is 2.64. The van der Waals surface area contributed by atoms with Gasteiger partial charge >= 0.3 is 0 Å². The molecule has 1 atom stereocenters. The van der Waals surface area contributed by atoms with Gasteiger partial charge in [-0.05, 0) is 37.6 Å². The molecular weight excluding hydrogens is 292 g/mol. The van der Waals surface area contributed by atoms with E-state index in [1.54, 1.807) is 0 Å². The van der Waals surface area contributed by atoms with Crippen LogP contribution in [0, 0.1) is 0 Å². The smallest absolute Gasteiger partial charge is 0.120 e. The lowest BCUT2D eigenvalue weighted by atomic mass is 10.0. The summed E-state index contributed by atoms with van der Waals surface area (Å²) in [6.07, 6.45) is 3.83. The van der Waals surface area contributed by atoms with Crippen molar-refractivity contribution in [2.45, 2.75) is 25.3 Å². The summed E-state index contributed by atoms with van der Waals surface area (Å²) in [5.74, 6) is 0.922. The highest BCUT2D eigenvalue weighted by atomic mass is 79.9. The number of benzene rings is 1. The molecule has 1 fully saturated rings. The number of hydrogen-bond donors (Lipinski definition) is 1. The number of piperidine rings is 1. The van der Waals surface area contributed by atoms with Crippen molar-refractivity contribution in [1.82, 2.24) is 4.90 Å². The van der Waals surface area contributed by atoms with Gasteiger partial charge in [-0.3, -0.25) is 4.90 Å². The third kappa shape index (κ3) is 3.97. The molecular formula is C14H21BrN2O. The van der Waals surface area contributed by atoms with E-state index in [1.165, 1.54) is 19.3 Å². The molecule has 100 valence electrons. The molecule has 3 nitrogen and oxygen atoms in total. The van der Waals surface area contributed by atoms with Gasteiger partial charge in [0.1, 0.15) is 12.4 Å². The van der Waals surface area contributed by atoms with Crippen molar-refractivity contribution in [3.63, 3.8) is 0 Å². The van der Waals surface area contributed by atoms with Crippen molar-refractivity contribution in [3.8, 4) is 5.75 Å². The van der Waals surface area contributed by atoms with Crippen molar-refractivity contribution < 1.29 is 4.74 Å². The lowest BCUT2D eigenvalue weighted by Gasteiger charge is -2.34. The van der Waals surface area contributed by atoms with E-state index in [-0.39, 0.29) is 0 Å². The van der Waals surface area contributed by atoms with E-state index in [0.717, 1.165) is 36.5 Å². The number of ether oxygens (including phenoxy) is 1. The van der Waals surface area contributed by atoms with Crippen LogP contribution in [0.3, 0.4) is 0 Å². The summed E-state index contributed by atoms with van der Waals surface area (Å²) in [6, 6.07) is 8.52. The summed E-state index contributed by atoms with van der Waals surface area (Å²) in [5.41, 5.74) is 5.81. The topological polar surface area (TPSA) is 38.5 Å². The lowest BCUT2D eigenvalue weighted by Crippen LogP contribution is -2.45. The number of hydrogen-bond acceptors (Lipinski definition) is 3. The zero-order valence-electron chi connectivity index (χ0n) is 10.6. The van der Waals surface area contributed by atoms with E-state index in [4.69, 9.17) is 10.5 Å². The van der Waals surface area contributed by atoms with E-state index in [0.29, 0.717) is 6.04 Å². The minimum atomic E-state index is 0.546. The fraction of sp³-hybridized carbons (Fsp3) is 0.571. The Morgan fingerprint density at radius 2 is 2.28 bits per heavy atom. The molecule has 0 saturated carbocycles. The minimum Gasteiger partial charge on any atom is -0.492 e. The van der Waals surface area contributed by atoms with Crippen LogP contribution in [0.25, 0.3) is 0 Å². The van der Waals surface area contributed by atoms with E-state index in [1.807, 2.05) is 24.3 Å². The van der Waals surface area contributed by atoms with Crippen LogP contribution in [-0.2, 0) is 0 Å². The average molecular weight is 313 g/mol. The maximum atomic E-state index is 5.81. The van der Waals surface area contributed by atoms with Crippen molar-refractivity contribution >= 4 is 15.9 Å². The van der Waals surface area contributed by atoms with Gasteiger partial charge in [0.15, 0.2) is 0 Å². The van der Waals surface area contributed by atoms with Gasteiger partial charge in [0.25, 0.3) is 0 Å². The van der Waals surface area contributed by atoms with Crippen LogP contribution in [0.2, 0.25) is 0 Å². The molecule has 0 spiro atoms.